The first-order valence-corrected chi connectivity index (χ1v) is 12.5. The van der Waals surface area contributed by atoms with Crippen molar-refractivity contribution in [3.63, 3.8) is 0 Å². The molecule has 1 aliphatic rings. The second-order valence-corrected chi connectivity index (χ2v) is 10.4. The maximum Gasteiger partial charge on any atom is 0.256 e. The van der Waals surface area contributed by atoms with Crippen molar-refractivity contribution in [2.75, 3.05) is 26.2 Å². The Morgan fingerprint density at radius 3 is 2.43 bits per heavy atom. The molecule has 0 radical (unpaired) electrons. The van der Waals surface area contributed by atoms with Crippen molar-refractivity contribution in [2.45, 2.75) is 11.8 Å². The summed E-state index contributed by atoms with van der Waals surface area (Å²) < 4.78 is 48.2. The minimum absolute atomic E-state index is 0.00895. The quantitative estimate of drug-likeness (QED) is 0.497. The average Bonchev–Trinajstić information content (AvgIpc) is 2.83. The van der Waals surface area contributed by atoms with Gasteiger partial charge in [-0.05, 0) is 61.0 Å². The van der Waals surface area contributed by atoms with Gasteiger partial charge >= 0.3 is 0 Å². The SMILES string of the molecule is Cc1cc(Cl)cc(Oc2ccc(C#N)cc2S(=O)(=O)N2CCN(C(=O)c3ccccc3F)CC2)c1. The van der Waals surface area contributed by atoms with E-state index in [4.69, 9.17) is 16.3 Å². The number of carbonyl (C=O) groups excluding carboxylic acids is 1. The summed E-state index contributed by atoms with van der Waals surface area (Å²) in [5, 5.41) is 9.77. The van der Waals surface area contributed by atoms with Crippen LogP contribution in [0.2, 0.25) is 5.02 Å². The third-order valence-corrected chi connectivity index (χ3v) is 7.70. The van der Waals surface area contributed by atoms with Gasteiger partial charge in [0, 0.05) is 31.2 Å². The standard InChI is InChI=1S/C25H21ClFN3O4S/c1-17-12-19(26)15-20(13-17)34-23-7-6-18(16-28)14-24(23)35(32,33)30-10-8-29(9-11-30)25(31)21-4-2-3-5-22(21)27/h2-7,12-15H,8-11H2,1H3. The Morgan fingerprint density at radius 2 is 1.77 bits per heavy atom. The van der Waals surface area contributed by atoms with Crippen molar-refractivity contribution in [2.24, 2.45) is 0 Å². The molecular weight excluding hydrogens is 493 g/mol. The molecule has 3 aromatic carbocycles. The summed E-state index contributed by atoms with van der Waals surface area (Å²) in [7, 11) is -4.08. The Bertz CT molecular complexity index is 1410. The summed E-state index contributed by atoms with van der Waals surface area (Å²) in [6.07, 6.45) is 0. The van der Waals surface area contributed by atoms with Crippen LogP contribution in [0.15, 0.2) is 65.6 Å². The fourth-order valence-corrected chi connectivity index (χ4v) is 5.67. The predicted octanol–water partition coefficient (Wildman–Crippen LogP) is 4.60. The topological polar surface area (TPSA) is 90.7 Å². The van der Waals surface area contributed by atoms with E-state index in [1.54, 1.807) is 24.3 Å². The first-order chi connectivity index (χ1) is 16.7. The molecule has 3 aromatic rings. The Hall–Kier alpha value is -3.45. The number of sulfonamides is 1. The monoisotopic (exact) mass is 513 g/mol. The third kappa shape index (κ3) is 5.30. The van der Waals surface area contributed by atoms with Crippen LogP contribution in [0.25, 0.3) is 0 Å². The molecule has 0 spiro atoms. The summed E-state index contributed by atoms with van der Waals surface area (Å²) in [5.74, 6) is -0.710. The molecule has 0 bridgehead atoms. The molecule has 1 heterocycles. The smallest absolute Gasteiger partial charge is 0.256 e. The van der Waals surface area contributed by atoms with Gasteiger partial charge in [-0.2, -0.15) is 9.57 Å². The predicted molar refractivity (Wildman–Crippen MR) is 128 cm³/mol. The van der Waals surface area contributed by atoms with Crippen LogP contribution in [0.3, 0.4) is 0 Å². The molecule has 0 N–H and O–H groups in total. The number of piperazine rings is 1. The second-order valence-electron chi connectivity index (χ2n) is 8.02. The van der Waals surface area contributed by atoms with Crippen molar-refractivity contribution in [1.82, 2.24) is 9.21 Å². The number of hydrogen-bond acceptors (Lipinski definition) is 5. The lowest BCUT2D eigenvalue weighted by atomic mass is 10.1. The van der Waals surface area contributed by atoms with Crippen LogP contribution in [0.5, 0.6) is 11.5 Å². The van der Waals surface area contributed by atoms with Crippen LogP contribution in [0.1, 0.15) is 21.5 Å². The van der Waals surface area contributed by atoms with E-state index in [1.807, 2.05) is 13.0 Å². The molecule has 1 fully saturated rings. The zero-order valence-corrected chi connectivity index (χ0v) is 20.3. The summed E-state index contributed by atoms with van der Waals surface area (Å²) in [4.78, 5) is 13.9. The number of benzene rings is 3. The van der Waals surface area contributed by atoms with Crippen LogP contribution in [0, 0.1) is 24.1 Å². The van der Waals surface area contributed by atoms with Gasteiger partial charge in [-0.15, -0.1) is 0 Å². The molecular formula is C25H21ClFN3O4S. The number of carbonyl (C=O) groups is 1. The highest BCUT2D eigenvalue weighted by atomic mass is 35.5. The van der Waals surface area contributed by atoms with Crippen molar-refractivity contribution < 1.29 is 22.3 Å². The Labute approximate surface area is 208 Å². The van der Waals surface area contributed by atoms with Crippen LogP contribution >= 0.6 is 11.6 Å². The lowest BCUT2D eigenvalue weighted by molar-refractivity contribution is 0.0693. The van der Waals surface area contributed by atoms with E-state index in [0.717, 1.165) is 5.56 Å². The van der Waals surface area contributed by atoms with E-state index in [-0.39, 0.29) is 48.0 Å². The molecule has 0 atom stereocenters. The normalized spacial score (nSPS) is 14.4. The number of nitriles is 1. The van der Waals surface area contributed by atoms with Gasteiger partial charge in [-0.25, -0.2) is 12.8 Å². The molecule has 1 aliphatic heterocycles. The average molecular weight is 514 g/mol. The Kier molecular flexibility index (Phi) is 7.08. The zero-order chi connectivity index (χ0) is 25.2. The van der Waals surface area contributed by atoms with E-state index in [0.29, 0.717) is 10.8 Å². The van der Waals surface area contributed by atoms with Crippen LogP contribution < -0.4 is 4.74 Å². The fraction of sp³-hybridized carbons (Fsp3) is 0.200. The first kappa shape index (κ1) is 24.7. The fourth-order valence-electron chi connectivity index (χ4n) is 3.83. The minimum Gasteiger partial charge on any atom is -0.456 e. The van der Waals surface area contributed by atoms with E-state index >= 15 is 0 Å². The van der Waals surface area contributed by atoms with Crippen molar-refractivity contribution >= 4 is 27.5 Å². The van der Waals surface area contributed by atoms with Crippen LogP contribution in [-0.2, 0) is 10.0 Å². The van der Waals surface area contributed by atoms with Crippen molar-refractivity contribution in [3.8, 4) is 17.6 Å². The number of rotatable bonds is 5. The van der Waals surface area contributed by atoms with Crippen LogP contribution in [0.4, 0.5) is 4.39 Å². The molecule has 1 saturated heterocycles. The second kappa shape index (κ2) is 10.0. The van der Waals surface area contributed by atoms with Gasteiger partial charge in [-0.1, -0.05) is 23.7 Å². The van der Waals surface area contributed by atoms with E-state index in [1.165, 1.54) is 45.6 Å². The molecule has 10 heteroatoms. The van der Waals surface area contributed by atoms with Crippen LogP contribution in [-0.4, -0.2) is 49.7 Å². The van der Waals surface area contributed by atoms with Crippen molar-refractivity contribution in [3.05, 3.63) is 88.2 Å². The molecule has 0 aliphatic carbocycles. The number of ether oxygens (including phenoxy) is 1. The largest absolute Gasteiger partial charge is 0.456 e. The third-order valence-electron chi connectivity index (χ3n) is 5.56. The highest BCUT2D eigenvalue weighted by Gasteiger charge is 2.33. The molecule has 7 nitrogen and oxygen atoms in total. The van der Waals surface area contributed by atoms with Gasteiger partial charge in [0.2, 0.25) is 10.0 Å². The molecule has 4 rings (SSSR count). The zero-order valence-electron chi connectivity index (χ0n) is 18.7. The highest BCUT2D eigenvalue weighted by molar-refractivity contribution is 7.89. The Balaban J connectivity index is 1.58. The molecule has 0 saturated carbocycles. The van der Waals surface area contributed by atoms with Gasteiger partial charge in [0.25, 0.3) is 5.91 Å². The maximum atomic E-state index is 14.0. The number of nitrogens with zero attached hydrogens (tertiary/aromatic N) is 3. The minimum atomic E-state index is -4.08. The summed E-state index contributed by atoms with van der Waals surface area (Å²) in [6, 6.07) is 16.8. The number of hydrogen-bond donors (Lipinski definition) is 0. The number of halogens is 2. The van der Waals surface area contributed by atoms with E-state index < -0.39 is 21.7 Å². The summed E-state index contributed by atoms with van der Waals surface area (Å²) >= 11 is 6.10. The first-order valence-electron chi connectivity index (χ1n) is 10.7. The number of amides is 1. The number of aryl methyl sites for hydroxylation is 1. The molecule has 180 valence electrons. The molecule has 0 aromatic heterocycles. The lowest BCUT2D eigenvalue weighted by Gasteiger charge is -2.34. The van der Waals surface area contributed by atoms with E-state index in [2.05, 4.69) is 0 Å². The highest BCUT2D eigenvalue weighted by Crippen LogP contribution is 2.33. The van der Waals surface area contributed by atoms with E-state index in [9.17, 15) is 22.9 Å². The van der Waals surface area contributed by atoms with Gasteiger partial charge in [-0.3, -0.25) is 4.79 Å². The van der Waals surface area contributed by atoms with Gasteiger partial charge in [0.05, 0.1) is 17.2 Å². The molecule has 1 amide bonds. The van der Waals surface area contributed by atoms with Crippen molar-refractivity contribution in [1.29, 1.82) is 5.26 Å². The Morgan fingerprint density at radius 1 is 1.06 bits per heavy atom. The van der Waals surface area contributed by atoms with Gasteiger partial charge < -0.3 is 9.64 Å². The van der Waals surface area contributed by atoms with Gasteiger partial charge in [0.1, 0.15) is 22.2 Å². The molecule has 35 heavy (non-hydrogen) atoms. The maximum absolute atomic E-state index is 14.0. The molecule has 0 unspecified atom stereocenters. The lowest BCUT2D eigenvalue weighted by Crippen LogP contribution is -2.50. The summed E-state index contributed by atoms with van der Waals surface area (Å²) in [5.41, 5.74) is 0.936. The van der Waals surface area contributed by atoms with Gasteiger partial charge in [0.15, 0.2) is 0 Å². The summed E-state index contributed by atoms with van der Waals surface area (Å²) in [6.45, 7) is 2.03.